The van der Waals surface area contributed by atoms with Gasteiger partial charge >= 0.3 is 0 Å². The summed E-state index contributed by atoms with van der Waals surface area (Å²) in [5.41, 5.74) is 1.55. The molecular formula is C21H23N3O4S. The lowest BCUT2D eigenvalue weighted by atomic mass is 9.96. The number of carbonyl (C=O) groups excluding carboxylic acids is 1. The zero-order valence-corrected chi connectivity index (χ0v) is 17.0. The average Bonchev–Trinajstić information content (AvgIpc) is 3.12. The number of fused-ring (bicyclic) bond motifs is 1. The van der Waals surface area contributed by atoms with Crippen molar-refractivity contribution < 1.29 is 17.9 Å². The number of para-hydroxylation sites is 1. The number of ether oxygens (including phenoxy) is 1. The van der Waals surface area contributed by atoms with E-state index in [4.69, 9.17) is 4.74 Å². The zero-order valence-electron chi connectivity index (χ0n) is 16.2. The van der Waals surface area contributed by atoms with Crippen LogP contribution in [0.3, 0.4) is 0 Å². The van der Waals surface area contributed by atoms with E-state index in [1.807, 2.05) is 36.2 Å². The molecule has 1 atom stereocenters. The third-order valence-electron chi connectivity index (χ3n) is 5.23. The number of nitrogens with zero attached hydrogens (tertiary/aromatic N) is 2. The lowest BCUT2D eigenvalue weighted by molar-refractivity contribution is -0.121. The van der Waals surface area contributed by atoms with E-state index in [0.717, 1.165) is 24.3 Å². The van der Waals surface area contributed by atoms with E-state index in [1.165, 1.54) is 12.1 Å². The van der Waals surface area contributed by atoms with Crippen molar-refractivity contribution in [2.24, 2.45) is 10.3 Å². The normalized spacial score (nSPS) is 20.2. The highest BCUT2D eigenvalue weighted by Crippen LogP contribution is 2.27. The Hall–Kier alpha value is -2.87. The van der Waals surface area contributed by atoms with Crippen molar-refractivity contribution in [2.45, 2.75) is 24.2 Å². The Bertz CT molecular complexity index is 1050. The second kappa shape index (κ2) is 7.87. The maximum absolute atomic E-state index is 12.6. The molecule has 0 bridgehead atoms. The molecular weight excluding hydrogens is 390 g/mol. The topological polar surface area (TPSA) is 88.1 Å². The molecule has 8 heteroatoms. The first-order valence-corrected chi connectivity index (χ1v) is 11.0. The van der Waals surface area contributed by atoms with Crippen molar-refractivity contribution in [3.8, 4) is 5.75 Å². The molecule has 0 aromatic heterocycles. The Morgan fingerprint density at radius 2 is 1.93 bits per heavy atom. The van der Waals surface area contributed by atoms with Gasteiger partial charge in [0.05, 0.1) is 10.8 Å². The van der Waals surface area contributed by atoms with E-state index in [1.54, 1.807) is 12.1 Å². The third-order valence-corrected chi connectivity index (χ3v) is 6.55. The van der Waals surface area contributed by atoms with Gasteiger partial charge in [-0.05, 0) is 48.7 Å². The molecule has 0 radical (unpaired) electrons. The Labute approximate surface area is 170 Å². The molecule has 1 fully saturated rings. The Morgan fingerprint density at radius 1 is 1.17 bits per heavy atom. The SMILES string of the molecule is CN1CCCC1=NS(=O)(=O)c1ccc(NC(=O)C2COc3ccccc3C2)cc1. The number of amidine groups is 1. The van der Waals surface area contributed by atoms with E-state index >= 15 is 0 Å². The van der Waals surface area contributed by atoms with Crippen LogP contribution >= 0.6 is 0 Å². The molecule has 29 heavy (non-hydrogen) atoms. The first-order chi connectivity index (χ1) is 13.9. The van der Waals surface area contributed by atoms with Crippen LogP contribution in [0.4, 0.5) is 5.69 Å². The molecule has 2 heterocycles. The first-order valence-electron chi connectivity index (χ1n) is 9.59. The van der Waals surface area contributed by atoms with Crippen LogP contribution in [0.5, 0.6) is 5.75 Å². The zero-order chi connectivity index (χ0) is 20.4. The van der Waals surface area contributed by atoms with Gasteiger partial charge in [-0.2, -0.15) is 8.42 Å². The van der Waals surface area contributed by atoms with Gasteiger partial charge in [-0.3, -0.25) is 4.79 Å². The number of hydrogen-bond donors (Lipinski definition) is 1. The van der Waals surface area contributed by atoms with Gasteiger partial charge in [0.2, 0.25) is 5.91 Å². The van der Waals surface area contributed by atoms with Crippen molar-refractivity contribution in [2.75, 3.05) is 25.5 Å². The quantitative estimate of drug-likeness (QED) is 0.833. The maximum Gasteiger partial charge on any atom is 0.283 e. The number of hydrogen-bond acceptors (Lipinski definition) is 4. The number of sulfonamides is 1. The number of nitrogens with one attached hydrogen (secondary N) is 1. The number of benzene rings is 2. The molecule has 7 nitrogen and oxygen atoms in total. The monoisotopic (exact) mass is 413 g/mol. The van der Waals surface area contributed by atoms with Gasteiger partial charge in [0, 0.05) is 25.7 Å². The number of amides is 1. The lowest BCUT2D eigenvalue weighted by Gasteiger charge is -2.24. The fraction of sp³-hybridized carbons (Fsp3) is 0.333. The third kappa shape index (κ3) is 4.27. The van der Waals surface area contributed by atoms with E-state index in [0.29, 0.717) is 31.0 Å². The van der Waals surface area contributed by atoms with Crippen molar-refractivity contribution in [1.29, 1.82) is 0 Å². The molecule has 2 aromatic carbocycles. The van der Waals surface area contributed by atoms with E-state index in [9.17, 15) is 13.2 Å². The summed E-state index contributed by atoms with van der Waals surface area (Å²) >= 11 is 0. The van der Waals surface area contributed by atoms with Crippen LogP contribution in [-0.2, 0) is 21.2 Å². The van der Waals surface area contributed by atoms with Crippen LogP contribution in [0.1, 0.15) is 18.4 Å². The fourth-order valence-electron chi connectivity index (χ4n) is 3.55. The molecule has 2 aliphatic rings. The van der Waals surface area contributed by atoms with Gasteiger partial charge in [0.25, 0.3) is 10.0 Å². The highest BCUT2D eigenvalue weighted by atomic mass is 32.2. The Morgan fingerprint density at radius 3 is 2.66 bits per heavy atom. The van der Waals surface area contributed by atoms with Gasteiger partial charge < -0.3 is 15.0 Å². The predicted octanol–water partition coefficient (Wildman–Crippen LogP) is 2.69. The molecule has 1 N–H and O–H groups in total. The van der Waals surface area contributed by atoms with E-state index in [-0.39, 0.29) is 16.7 Å². The van der Waals surface area contributed by atoms with Gasteiger partial charge in [0.1, 0.15) is 18.2 Å². The van der Waals surface area contributed by atoms with Gasteiger partial charge in [-0.25, -0.2) is 0 Å². The predicted molar refractivity (Wildman–Crippen MR) is 111 cm³/mol. The molecule has 152 valence electrons. The van der Waals surface area contributed by atoms with Crippen LogP contribution in [0.2, 0.25) is 0 Å². The van der Waals surface area contributed by atoms with Crippen molar-refractivity contribution >= 4 is 27.5 Å². The smallest absolute Gasteiger partial charge is 0.283 e. The summed E-state index contributed by atoms with van der Waals surface area (Å²) in [6.45, 7) is 1.13. The summed E-state index contributed by atoms with van der Waals surface area (Å²) < 4.78 is 34.7. The molecule has 1 unspecified atom stereocenters. The molecule has 4 rings (SSSR count). The number of anilines is 1. The standard InChI is InChI=1S/C21H23N3O4S/c1-24-12-4-7-20(24)23-29(26,27)18-10-8-17(9-11-18)22-21(25)16-13-15-5-2-3-6-19(15)28-14-16/h2-3,5-6,8-11,16H,4,7,12-14H2,1H3,(H,22,25). The fourth-order valence-corrected chi connectivity index (χ4v) is 4.65. The van der Waals surface area contributed by atoms with Crippen molar-refractivity contribution in [3.05, 3.63) is 54.1 Å². The van der Waals surface area contributed by atoms with Gasteiger partial charge in [-0.1, -0.05) is 18.2 Å². The van der Waals surface area contributed by atoms with Gasteiger partial charge in [-0.15, -0.1) is 4.40 Å². The molecule has 2 aliphatic heterocycles. The maximum atomic E-state index is 12.6. The first kappa shape index (κ1) is 19.4. The minimum Gasteiger partial charge on any atom is -0.492 e. The van der Waals surface area contributed by atoms with Gasteiger partial charge in [0.15, 0.2) is 0 Å². The molecule has 0 aliphatic carbocycles. The molecule has 0 saturated carbocycles. The van der Waals surface area contributed by atoms with Crippen LogP contribution in [-0.4, -0.2) is 45.3 Å². The number of rotatable bonds is 4. The Balaban J connectivity index is 1.43. The summed E-state index contributed by atoms with van der Waals surface area (Å²) in [5, 5.41) is 2.84. The summed E-state index contributed by atoms with van der Waals surface area (Å²) in [6.07, 6.45) is 2.18. The summed E-state index contributed by atoms with van der Waals surface area (Å²) in [6, 6.07) is 13.8. The summed E-state index contributed by atoms with van der Waals surface area (Å²) in [4.78, 5) is 14.6. The number of carbonyl (C=O) groups is 1. The highest BCUT2D eigenvalue weighted by Gasteiger charge is 2.26. The molecule has 2 aromatic rings. The van der Waals surface area contributed by atoms with Crippen LogP contribution < -0.4 is 10.1 Å². The molecule has 0 spiro atoms. The van der Waals surface area contributed by atoms with E-state index < -0.39 is 10.0 Å². The van der Waals surface area contributed by atoms with Crippen LogP contribution in [0, 0.1) is 5.92 Å². The number of likely N-dealkylation sites (tertiary alicyclic amines) is 1. The van der Waals surface area contributed by atoms with E-state index in [2.05, 4.69) is 9.71 Å². The largest absolute Gasteiger partial charge is 0.492 e. The minimum absolute atomic E-state index is 0.109. The lowest BCUT2D eigenvalue weighted by Crippen LogP contribution is -2.32. The minimum atomic E-state index is -3.76. The Kier molecular flexibility index (Phi) is 5.27. The average molecular weight is 413 g/mol. The summed E-state index contributed by atoms with van der Waals surface area (Å²) in [7, 11) is -1.92. The second-order valence-electron chi connectivity index (χ2n) is 7.34. The van der Waals surface area contributed by atoms with Crippen LogP contribution in [0.25, 0.3) is 0 Å². The highest BCUT2D eigenvalue weighted by molar-refractivity contribution is 7.90. The van der Waals surface area contributed by atoms with Crippen molar-refractivity contribution in [3.63, 3.8) is 0 Å². The van der Waals surface area contributed by atoms with Crippen molar-refractivity contribution in [1.82, 2.24) is 4.90 Å². The van der Waals surface area contributed by atoms with Crippen LogP contribution in [0.15, 0.2) is 57.8 Å². The summed E-state index contributed by atoms with van der Waals surface area (Å²) in [5.74, 6) is 0.959. The molecule has 1 saturated heterocycles. The second-order valence-corrected chi connectivity index (χ2v) is 8.95. The molecule has 1 amide bonds.